The first-order chi connectivity index (χ1) is 9.04. The third kappa shape index (κ3) is 6.55. The van der Waals surface area contributed by atoms with E-state index in [-0.39, 0.29) is 5.91 Å². The van der Waals surface area contributed by atoms with Crippen LogP contribution in [-0.4, -0.2) is 54.6 Å². The molecule has 110 valence electrons. The highest BCUT2D eigenvalue weighted by molar-refractivity contribution is 5.79. The second-order valence-electron chi connectivity index (χ2n) is 4.71. The van der Waals surface area contributed by atoms with Gasteiger partial charge in [-0.3, -0.25) is 4.79 Å². The van der Waals surface area contributed by atoms with Crippen molar-refractivity contribution in [1.82, 2.24) is 9.80 Å². The normalized spacial score (nSPS) is 17.6. The molecule has 0 aliphatic heterocycles. The van der Waals surface area contributed by atoms with Crippen molar-refractivity contribution >= 4 is 5.91 Å². The predicted octanol–water partition coefficient (Wildman–Crippen LogP) is 1.87. The fraction of sp³-hybridized carbons (Fsp3) is 0.667. The summed E-state index contributed by atoms with van der Waals surface area (Å²) in [5.74, 6) is 0.288. The van der Waals surface area contributed by atoms with Crippen LogP contribution in [0.1, 0.15) is 27.2 Å². The smallest absolute Gasteiger partial charge is 0.252 e. The fourth-order valence-corrected chi connectivity index (χ4v) is 1.70. The lowest BCUT2D eigenvalue weighted by Gasteiger charge is -2.26. The van der Waals surface area contributed by atoms with Gasteiger partial charge >= 0.3 is 0 Å². The van der Waals surface area contributed by atoms with Crippen LogP contribution in [0, 0.1) is 5.92 Å². The molecule has 19 heavy (non-hydrogen) atoms. The van der Waals surface area contributed by atoms with Crippen molar-refractivity contribution in [3.8, 4) is 0 Å². The van der Waals surface area contributed by atoms with Gasteiger partial charge in [0.25, 0.3) is 5.91 Å². The first-order valence-corrected chi connectivity index (χ1v) is 6.99. The van der Waals surface area contributed by atoms with Gasteiger partial charge in [0.1, 0.15) is 6.61 Å². The zero-order valence-electron chi connectivity index (χ0n) is 12.9. The molecule has 1 aliphatic carbocycles. The summed E-state index contributed by atoms with van der Waals surface area (Å²) in [7, 11) is 3.93. The minimum absolute atomic E-state index is 0.239. The lowest BCUT2D eigenvalue weighted by molar-refractivity contribution is -0.132. The van der Waals surface area contributed by atoms with Crippen molar-refractivity contribution in [1.29, 1.82) is 0 Å². The van der Waals surface area contributed by atoms with Gasteiger partial charge in [0.05, 0.1) is 0 Å². The van der Waals surface area contributed by atoms with Gasteiger partial charge in [0.15, 0.2) is 0 Å². The number of hydrogen-bond donors (Lipinski definition) is 1. The summed E-state index contributed by atoms with van der Waals surface area (Å²) in [6.45, 7) is 7.10. The molecule has 1 amide bonds. The maximum Gasteiger partial charge on any atom is 0.252 e. The molecule has 0 saturated heterocycles. The van der Waals surface area contributed by atoms with Gasteiger partial charge in [-0.15, -0.1) is 0 Å². The molecule has 1 rings (SSSR count). The highest BCUT2D eigenvalue weighted by atomic mass is 16.3. The number of aliphatic hydroxyl groups excluding tert-OH is 1. The van der Waals surface area contributed by atoms with Crippen LogP contribution in [0.5, 0.6) is 0 Å². The molecule has 0 saturated carbocycles. The lowest BCUT2D eigenvalue weighted by Crippen LogP contribution is -2.37. The van der Waals surface area contributed by atoms with Crippen LogP contribution in [-0.2, 0) is 4.79 Å². The fourth-order valence-electron chi connectivity index (χ4n) is 1.70. The standard InChI is InChI=1S/C13H22N2O2.C2H6/c1-11-4-6-12(7-5-11)15(13(17)10-16)9-8-14(2)3;1-2/h4,6-7,11,16H,5,8-10H2,1-3H3;1-2H3. The van der Waals surface area contributed by atoms with E-state index < -0.39 is 6.61 Å². The van der Waals surface area contributed by atoms with Gasteiger partial charge < -0.3 is 14.9 Å². The first kappa shape index (κ1) is 17.9. The van der Waals surface area contributed by atoms with Crippen molar-refractivity contribution in [2.45, 2.75) is 27.2 Å². The van der Waals surface area contributed by atoms with E-state index in [4.69, 9.17) is 5.11 Å². The number of carbonyl (C=O) groups excluding carboxylic acids is 1. The van der Waals surface area contributed by atoms with Crippen molar-refractivity contribution in [3.05, 3.63) is 23.9 Å². The average molecular weight is 268 g/mol. The Morgan fingerprint density at radius 3 is 2.42 bits per heavy atom. The Morgan fingerprint density at radius 2 is 2.00 bits per heavy atom. The van der Waals surface area contributed by atoms with Gasteiger partial charge in [0, 0.05) is 18.8 Å². The zero-order valence-corrected chi connectivity index (χ0v) is 12.9. The SMILES string of the molecule is CC.CC1C=CC(N(CCN(C)C)C(=O)CO)=CC1. The number of carbonyl (C=O) groups is 1. The Bertz CT molecular complexity index is 322. The molecule has 1 unspecified atom stereocenters. The second-order valence-corrected chi connectivity index (χ2v) is 4.71. The highest BCUT2D eigenvalue weighted by Gasteiger charge is 2.17. The quantitative estimate of drug-likeness (QED) is 0.828. The van der Waals surface area contributed by atoms with Crippen LogP contribution in [0.15, 0.2) is 23.9 Å². The predicted molar refractivity (Wildman–Crippen MR) is 79.7 cm³/mol. The van der Waals surface area contributed by atoms with Crippen LogP contribution < -0.4 is 0 Å². The first-order valence-electron chi connectivity index (χ1n) is 6.99. The Hall–Kier alpha value is -1.13. The molecule has 4 nitrogen and oxygen atoms in total. The largest absolute Gasteiger partial charge is 0.387 e. The Kier molecular flexibility index (Phi) is 9.17. The summed E-state index contributed by atoms with van der Waals surface area (Å²) < 4.78 is 0. The molecule has 1 atom stereocenters. The molecule has 0 heterocycles. The molecule has 1 aliphatic rings. The number of hydrogen-bond acceptors (Lipinski definition) is 3. The van der Waals surface area contributed by atoms with Crippen molar-refractivity contribution < 1.29 is 9.90 Å². The maximum atomic E-state index is 11.7. The average Bonchev–Trinajstić information content (AvgIpc) is 2.42. The molecule has 0 aromatic rings. The molecule has 0 aromatic carbocycles. The Balaban J connectivity index is 0.00000154. The summed E-state index contributed by atoms with van der Waals surface area (Å²) in [5.41, 5.74) is 0.906. The topological polar surface area (TPSA) is 43.8 Å². The van der Waals surface area contributed by atoms with E-state index in [9.17, 15) is 4.79 Å². The van der Waals surface area contributed by atoms with E-state index in [1.807, 2.05) is 38.9 Å². The summed E-state index contributed by atoms with van der Waals surface area (Å²) in [6, 6.07) is 0. The van der Waals surface area contributed by atoms with Crippen LogP contribution in [0.25, 0.3) is 0 Å². The van der Waals surface area contributed by atoms with Crippen molar-refractivity contribution in [2.75, 3.05) is 33.8 Å². The minimum Gasteiger partial charge on any atom is -0.387 e. The van der Waals surface area contributed by atoms with E-state index in [1.54, 1.807) is 4.90 Å². The van der Waals surface area contributed by atoms with Gasteiger partial charge in [-0.2, -0.15) is 0 Å². The van der Waals surface area contributed by atoms with Crippen LogP contribution in [0.3, 0.4) is 0 Å². The number of rotatable bonds is 5. The number of aliphatic hydroxyl groups is 1. The van der Waals surface area contributed by atoms with E-state index in [1.165, 1.54) is 0 Å². The summed E-state index contributed by atoms with van der Waals surface area (Å²) in [5, 5.41) is 9.00. The van der Waals surface area contributed by atoms with Gasteiger partial charge in [-0.05, 0) is 32.5 Å². The number of amides is 1. The van der Waals surface area contributed by atoms with E-state index in [2.05, 4.69) is 19.1 Å². The second kappa shape index (κ2) is 9.75. The summed E-state index contributed by atoms with van der Waals surface area (Å²) >= 11 is 0. The minimum atomic E-state index is -0.436. The monoisotopic (exact) mass is 268 g/mol. The van der Waals surface area contributed by atoms with Crippen molar-refractivity contribution in [2.24, 2.45) is 5.92 Å². The Morgan fingerprint density at radius 1 is 1.37 bits per heavy atom. The molecule has 0 fully saturated rings. The highest BCUT2D eigenvalue weighted by Crippen LogP contribution is 2.18. The molecule has 4 heteroatoms. The van der Waals surface area contributed by atoms with E-state index >= 15 is 0 Å². The van der Waals surface area contributed by atoms with E-state index in [0.29, 0.717) is 12.5 Å². The van der Waals surface area contributed by atoms with Gasteiger partial charge in [-0.1, -0.05) is 32.9 Å². The number of likely N-dealkylation sites (N-methyl/N-ethyl adjacent to an activating group) is 1. The van der Waals surface area contributed by atoms with Crippen molar-refractivity contribution in [3.63, 3.8) is 0 Å². The summed E-state index contributed by atoms with van der Waals surface area (Å²) in [4.78, 5) is 15.4. The number of nitrogens with zero attached hydrogens (tertiary/aromatic N) is 2. The van der Waals surface area contributed by atoms with E-state index in [0.717, 1.165) is 18.7 Å². The lowest BCUT2D eigenvalue weighted by atomic mass is 10.0. The molecule has 0 bridgehead atoms. The van der Waals surface area contributed by atoms with Gasteiger partial charge in [-0.25, -0.2) is 0 Å². The number of allylic oxidation sites excluding steroid dienone is 3. The maximum absolute atomic E-state index is 11.7. The molecular formula is C15H28N2O2. The molecule has 0 spiro atoms. The Labute approximate surface area is 117 Å². The van der Waals surface area contributed by atoms with Crippen LogP contribution in [0.4, 0.5) is 0 Å². The van der Waals surface area contributed by atoms with Gasteiger partial charge in [0.2, 0.25) is 0 Å². The molecular weight excluding hydrogens is 240 g/mol. The molecule has 1 N–H and O–H groups in total. The summed E-state index contributed by atoms with van der Waals surface area (Å²) in [6.07, 6.45) is 7.08. The third-order valence-electron chi connectivity index (χ3n) is 2.81. The molecule has 0 aromatic heterocycles. The van der Waals surface area contributed by atoms with Crippen LogP contribution >= 0.6 is 0 Å². The zero-order chi connectivity index (χ0) is 14.8. The molecule has 0 radical (unpaired) electrons. The van der Waals surface area contributed by atoms with Crippen LogP contribution in [0.2, 0.25) is 0 Å². The third-order valence-corrected chi connectivity index (χ3v) is 2.81.